The summed E-state index contributed by atoms with van der Waals surface area (Å²) < 4.78 is 0. The van der Waals surface area contributed by atoms with Crippen LogP contribution in [-0.2, 0) is 0 Å². The summed E-state index contributed by atoms with van der Waals surface area (Å²) in [6, 6.07) is 3.93. The molecule has 3 aromatic heterocycles. The molecule has 0 bridgehead atoms. The highest BCUT2D eigenvalue weighted by molar-refractivity contribution is 5.84. The minimum Gasteiger partial charge on any atom is -0.382 e. The van der Waals surface area contributed by atoms with E-state index in [2.05, 4.69) is 24.9 Å². The molecule has 90 valence electrons. The maximum atomic E-state index is 5.77. The van der Waals surface area contributed by atoms with Crippen molar-refractivity contribution in [2.75, 3.05) is 5.73 Å². The molecule has 0 spiro atoms. The Kier molecular flexibility index (Phi) is 2.22. The number of rotatable bonds is 1. The zero-order chi connectivity index (χ0) is 12.7. The lowest BCUT2D eigenvalue weighted by Crippen LogP contribution is -1.92. The van der Waals surface area contributed by atoms with Gasteiger partial charge in [-0.25, -0.2) is 15.0 Å². The quantitative estimate of drug-likeness (QED) is 0.674. The monoisotopic (exact) mass is 240 g/mol. The third kappa shape index (κ3) is 1.58. The van der Waals surface area contributed by atoms with Gasteiger partial charge in [-0.05, 0) is 26.0 Å². The number of fused-ring (bicyclic) bond motifs is 1. The Bertz CT molecular complexity index is 731. The minimum atomic E-state index is 0.400. The molecule has 0 amide bonds. The van der Waals surface area contributed by atoms with Crippen molar-refractivity contribution in [1.82, 2.24) is 24.9 Å². The molecule has 18 heavy (non-hydrogen) atoms. The van der Waals surface area contributed by atoms with Crippen LogP contribution in [0.1, 0.15) is 11.4 Å². The zero-order valence-electron chi connectivity index (χ0n) is 10.1. The number of anilines is 1. The summed E-state index contributed by atoms with van der Waals surface area (Å²) in [4.78, 5) is 20.0. The molecule has 0 atom stereocenters. The third-order valence-corrected chi connectivity index (χ3v) is 2.80. The first-order valence-corrected chi connectivity index (χ1v) is 5.56. The van der Waals surface area contributed by atoms with Crippen LogP contribution in [0.25, 0.3) is 22.6 Å². The molecule has 0 unspecified atom stereocenters. The Morgan fingerprint density at radius 2 is 1.94 bits per heavy atom. The molecule has 0 aromatic carbocycles. The van der Waals surface area contributed by atoms with Crippen molar-refractivity contribution in [2.45, 2.75) is 13.8 Å². The van der Waals surface area contributed by atoms with Crippen LogP contribution >= 0.6 is 0 Å². The van der Waals surface area contributed by atoms with E-state index in [4.69, 9.17) is 5.73 Å². The van der Waals surface area contributed by atoms with Gasteiger partial charge in [0.25, 0.3) is 0 Å². The average molecular weight is 240 g/mol. The van der Waals surface area contributed by atoms with E-state index in [1.165, 1.54) is 6.33 Å². The van der Waals surface area contributed by atoms with Crippen LogP contribution in [0.5, 0.6) is 0 Å². The zero-order valence-corrected chi connectivity index (χ0v) is 10.1. The number of imidazole rings is 1. The maximum Gasteiger partial charge on any atom is 0.183 e. The molecular formula is C12H12N6. The van der Waals surface area contributed by atoms with Crippen LogP contribution in [-0.4, -0.2) is 24.9 Å². The number of pyridine rings is 1. The van der Waals surface area contributed by atoms with E-state index in [-0.39, 0.29) is 0 Å². The standard InChI is InChI=1S/C12H12N6/c1-6-3-4-8(7(2)16-6)11-17-9-10(13)14-5-15-12(9)18-11/h3-5H,1-2H3,(H3,13,14,15,17,18). The van der Waals surface area contributed by atoms with Gasteiger partial charge in [-0.3, -0.25) is 4.98 Å². The van der Waals surface area contributed by atoms with Crippen molar-refractivity contribution in [2.24, 2.45) is 0 Å². The SMILES string of the molecule is Cc1ccc(-c2nc3ncnc(N)c3[nH]2)c(C)n1. The molecule has 3 N–H and O–H groups in total. The molecule has 3 aromatic rings. The number of aryl methyl sites for hydroxylation is 2. The van der Waals surface area contributed by atoms with Gasteiger partial charge < -0.3 is 10.7 Å². The molecule has 0 aliphatic carbocycles. The number of nitrogens with two attached hydrogens (primary N) is 1. The van der Waals surface area contributed by atoms with E-state index in [9.17, 15) is 0 Å². The van der Waals surface area contributed by atoms with Crippen LogP contribution in [0.15, 0.2) is 18.5 Å². The lowest BCUT2D eigenvalue weighted by molar-refractivity contribution is 1.11. The average Bonchev–Trinajstić information content (AvgIpc) is 2.74. The Morgan fingerprint density at radius 1 is 1.11 bits per heavy atom. The molecule has 0 saturated heterocycles. The first kappa shape index (κ1) is 10.6. The molecule has 6 nitrogen and oxygen atoms in total. The van der Waals surface area contributed by atoms with Gasteiger partial charge in [-0.15, -0.1) is 0 Å². The fourth-order valence-electron chi connectivity index (χ4n) is 1.91. The van der Waals surface area contributed by atoms with E-state index < -0.39 is 0 Å². The fourth-order valence-corrected chi connectivity index (χ4v) is 1.91. The molecule has 0 fully saturated rings. The van der Waals surface area contributed by atoms with Crippen molar-refractivity contribution in [3.63, 3.8) is 0 Å². The second kappa shape index (κ2) is 3.76. The highest BCUT2D eigenvalue weighted by Crippen LogP contribution is 2.23. The predicted octanol–water partition coefficient (Wildman–Crippen LogP) is 1.61. The molecule has 3 rings (SSSR count). The van der Waals surface area contributed by atoms with E-state index >= 15 is 0 Å². The number of aromatic nitrogens is 5. The number of nitrogens with zero attached hydrogens (tertiary/aromatic N) is 4. The van der Waals surface area contributed by atoms with Gasteiger partial charge in [0.1, 0.15) is 17.7 Å². The van der Waals surface area contributed by atoms with Gasteiger partial charge in [0.15, 0.2) is 11.5 Å². The van der Waals surface area contributed by atoms with E-state index in [0.717, 1.165) is 17.0 Å². The molecule has 3 heterocycles. The van der Waals surface area contributed by atoms with Crippen LogP contribution in [0.2, 0.25) is 0 Å². The largest absolute Gasteiger partial charge is 0.382 e. The second-order valence-electron chi connectivity index (χ2n) is 4.13. The van der Waals surface area contributed by atoms with Gasteiger partial charge >= 0.3 is 0 Å². The third-order valence-electron chi connectivity index (χ3n) is 2.80. The molecule has 0 saturated carbocycles. The summed E-state index contributed by atoms with van der Waals surface area (Å²) >= 11 is 0. The van der Waals surface area contributed by atoms with Crippen LogP contribution in [0.3, 0.4) is 0 Å². The van der Waals surface area contributed by atoms with Crippen molar-refractivity contribution in [3.8, 4) is 11.4 Å². The molecule has 6 heteroatoms. The Morgan fingerprint density at radius 3 is 2.67 bits per heavy atom. The Balaban J connectivity index is 2.23. The van der Waals surface area contributed by atoms with Crippen LogP contribution in [0, 0.1) is 13.8 Å². The lowest BCUT2D eigenvalue weighted by atomic mass is 10.2. The van der Waals surface area contributed by atoms with Crippen molar-refractivity contribution in [3.05, 3.63) is 29.8 Å². The smallest absolute Gasteiger partial charge is 0.183 e. The molecule has 0 radical (unpaired) electrons. The van der Waals surface area contributed by atoms with E-state index in [1.807, 2.05) is 26.0 Å². The van der Waals surface area contributed by atoms with Gasteiger partial charge in [0.05, 0.1) is 0 Å². The minimum absolute atomic E-state index is 0.400. The van der Waals surface area contributed by atoms with Crippen LogP contribution < -0.4 is 5.73 Å². The lowest BCUT2D eigenvalue weighted by Gasteiger charge is -2.02. The molecule has 0 aliphatic rings. The summed E-state index contributed by atoms with van der Waals surface area (Å²) in [6.07, 6.45) is 1.41. The summed E-state index contributed by atoms with van der Waals surface area (Å²) in [6.45, 7) is 3.91. The summed E-state index contributed by atoms with van der Waals surface area (Å²) in [7, 11) is 0. The second-order valence-corrected chi connectivity index (χ2v) is 4.13. The van der Waals surface area contributed by atoms with Crippen molar-refractivity contribution >= 4 is 17.0 Å². The maximum absolute atomic E-state index is 5.77. The van der Waals surface area contributed by atoms with E-state index in [0.29, 0.717) is 22.8 Å². The number of H-pyrrole nitrogens is 1. The number of hydrogen-bond donors (Lipinski definition) is 2. The predicted molar refractivity (Wildman–Crippen MR) is 68.8 cm³/mol. The number of aromatic amines is 1. The van der Waals surface area contributed by atoms with E-state index in [1.54, 1.807) is 0 Å². The first-order valence-electron chi connectivity index (χ1n) is 5.56. The molecule has 0 aliphatic heterocycles. The summed E-state index contributed by atoms with van der Waals surface area (Å²) in [5.41, 5.74) is 9.84. The van der Waals surface area contributed by atoms with Crippen LogP contribution in [0.4, 0.5) is 5.82 Å². The van der Waals surface area contributed by atoms with Crippen molar-refractivity contribution in [1.29, 1.82) is 0 Å². The van der Waals surface area contributed by atoms with Gasteiger partial charge in [-0.2, -0.15) is 0 Å². The number of nitrogen functional groups attached to an aromatic ring is 1. The van der Waals surface area contributed by atoms with Gasteiger partial charge in [0, 0.05) is 17.0 Å². The first-order chi connectivity index (χ1) is 8.65. The normalized spacial score (nSPS) is 11.0. The Labute approximate surface area is 103 Å². The number of nitrogens with one attached hydrogen (secondary N) is 1. The van der Waals surface area contributed by atoms with Gasteiger partial charge in [-0.1, -0.05) is 0 Å². The van der Waals surface area contributed by atoms with Crippen molar-refractivity contribution < 1.29 is 0 Å². The molecular weight excluding hydrogens is 228 g/mol. The highest BCUT2D eigenvalue weighted by atomic mass is 15.0. The topological polar surface area (TPSA) is 93.4 Å². The summed E-state index contributed by atoms with van der Waals surface area (Å²) in [5.74, 6) is 1.11. The highest BCUT2D eigenvalue weighted by Gasteiger charge is 2.11. The van der Waals surface area contributed by atoms with Gasteiger partial charge in [0.2, 0.25) is 0 Å². The fraction of sp³-hybridized carbons (Fsp3) is 0.167. The Hall–Kier alpha value is -2.50. The summed E-state index contributed by atoms with van der Waals surface area (Å²) in [5, 5.41) is 0. The number of hydrogen-bond acceptors (Lipinski definition) is 5.